The number of phenols is 1. The Morgan fingerprint density at radius 2 is 1.97 bits per heavy atom. The predicted octanol–water partition coefficient (Wildman–Crippen LogP) is 3.58. The number of imidazole rings is 1. The molecule has 3 aromatic carbocycles. The van der Waals surface area contributed by atoms with Gasteiger partial charge in [0.05, 0.1) is 33.3 Å². The summed E-state index contributed by atoms with van der Waals surface area (Å²) in [6, 6.07) is 15.4. The minimum absolute atomic E-state index is 0.0817. The van der Waals surface area contributed by atoms with Crippen molar-refractivity contribution in [2.24, 2.45) is 12.1 Å². The van der Waals surface area contributed by atoms with Crippen molar-refractivity contribution in [2.75, 3.05) is 5.75 Å². The Labute approximate surface area is 180 Å². The number of non-ortho nitro benzene ring substituents is 1. The van der Waals surface area contributed by atoms with Gasteiger partial charge in [-0.3, -0.25) is 14.9 Å². The van der Waals surface area contributed by atoms with E-state index in [1.165, 1.54) is 24.0 Å². The van der Waals surface area contributed by atoms with E-state index in [0.29, 0.717) is 15.9 Å². The molecule has 31 heavy (non-hydrogen) atoms. The molecule has 9 nitrogen and oxygen atoms in total. The molecular formula is C21H17N5O4S. The van der Waals surface area contributed by atoms with Gasteiger partial charge in [-0.25, -0.2) is 10.4 Å². The van der Waals surface area contributed by atoms with E-state index in [0.717, 1.165) is 11.0 Å². The first-order valence-corrected chi connectivity index (χ1v) is 10.2. The Balaban J connectivity index is 1.46. The predicted molar refractivity (Wildman–Crippen MR) is 119 cm³/mol. The highest BCUT2D eigenvalue weighted by Crippen LogP contribution is 2.34. The highest BCUT2D eigenvalue weighted by molar-refractivity contribution is 7.99. The number of fused-ring (bicyclic) bond motifs is 2. The van der Waals surface area contributed by atoms with Gasteiger partial charge >= 0.3 is 0 Å². The number of para-hydroxylation sites is 2. The van der Waals surface area contributed by atoms with Gasteiger partial charge in [0.1, 0.15) is 5.75 Å². The van der Waals surface area contributed by atoms with Crippen LogP contribution in [-0.2, 0) is 11.8 Å². The van der Waals surface area contributed by atoms with Crippen molar-refractivity contribution in [1.29, 1.82) is 0 Å². The smallest absolute Gasteiger partial charge is 0.278 e. The number of carbonyl (C=O) groups excluding carboxylic acids is 1. The Hall–Kier alpha value is -3.92. The van der Waals surface area contributed by atoms with Crippen LogP contribution in [0.4, 0.5) is 5.69 Å². The molecule has 0 bridgehead atoms. The third-order valence-electron chi connectivity index (χ3n) is 4.69. The average molecular weight is 435 g/mol. The van der Waals surface area contributed by atoms with E-state index in [2.05, 4.69) is 15.5 Å². The number of nitro groups is 1. The van der Waals surface area contributed by atoms with E-state index in [4.69, 9.17) is 0 Å². The van der Waals surface area contributed by atoms with Crippen LogP contribution in [0.1, 0.15) is 5.56 Å². The Kier molecular flexibility index (Phi) is 5.54. The van der Waals surface area contributed by atoms with Crippen molar-refractivity contribution in [3.05, 3.63) is 70.3 Å². The van der Waals surface area contributed by atoms with Crippen LogP contribution in [-0.4, -0.2) is 37.5 Å². The minimum atomic E-state index is -0.523. The second-order valence-corrected chi connectivity index (χ2v) is 7.60. The maximum atomic E-state index is 12.2. The molecule has 0 saturated heterocycles. The van der Waals surface area contributed by atoms with E-state index in [1.54, 1.807) is 24.3 Å². The van der Waals surface area contributed by atoms with Crippen LogP contribution in [0.25, 0.3) is 21.8 Å². The third-order valence-corrected chi connectivity index (χ3v) is 5.72. The highest BCUT2D eigenvalue weighted by atomic mass is 32.2. The number of nitrogens with one attached hydrogen (secondary N) is 1. The molecule has 156 valence electrons. The standard InChI is InChI=1S/C21H17N5O4S/c1-25-17-9-5-4-8-16(17)23-21(25)31-12-19(27)24-22-11-13-10-18(26(29)30)14-6-2-3-7-15(14)20(13)28/h2-11,28H,12H2,1H3,(H,24,27). The molecule has 0 saturated carbocycles. The molecule has 0 spiro atoms. The zero-order chi connectivity index (χ0) is 22.0. The lowest BCUT2D eigenvalue weighted by Crippen LogP contribution is -2.19. The van der Waals surface area contributed by atoms with E-state index in [9.17, 15) is 20.0 Å². The lowest BCUT2D eigenvalue weighted by Gasteiger charge is -2.06. The van der Waals surface area contributed by atoms with Crippen LogP contribution < -0.4 is 5.43 Å². The molecule has 1 heterocycles. The van der Waals surface area contributed by atoms with Crippen molar-refractivity contribution in [1.82, 2.24) is 15.0 Å². The lowest BCUT2D eigenvalue weighted by molar-refractivity contribution is -0.383. The van der Waals surface area contributed by atoms with Crippen molar-refractivity contribution in [3.63, 3.8) is 0 Å². The van der Waals surface area contributed by atoms with Gasteiger partial charge in [0.15, 0.2) is 5.16 Å². The number of phenolic OH excluding ortho intramolecular Hbond substituents is 1. The summed E-state index contributed by atoms with van der Waals surface area (Å²) >= 11 is 1.27. The number of nitrogens with zero attached hydrogens (tertiary/aromatic N) is 4. The van der Waals surface area contributed by atoms with Gasteiger partial charge in [0, 0.05) is 24.1 Å². The fraction of sp³-hybridized carbons (Fsp3) is 0.0952. The Bertz CT molecular complexity index is 1350. The summed E-state index contributed by atoms with van der Waals surface area (Å²) in [5.74, 6) is -0.436. The third kappa shape index (κ3) is 4.05. The van der Waals surface area contributed by atoms with Crippen LogP contribution in [0.5, 0.6) is 5.75 Å². The zero-order valence-electron chi connectivity index (χ0n) is 16.3. The largest absolute Gasteiger partial charge is 0.507 e. The molecule has 0 radical (unpaired) electrons. The Morgan fingerprint density at radius 3 is 2.71 bits per heavy atom. The van der Waals surface area contributed by atoms with Gasteiger partial charge in [-0.2, -0.15) is 5.10 Å². The highest BCUT2D eigenvalue weighted by Gasteiger charge is 2.17. The van der Waals surface area contributed by atoms with Crippen LogP contribution in [0.3, 0.4) is 0 Å². The summed E-state index contributed by atoms with van der Waals surface area (Å²) < 4.78 is 1.91. The van der Waals surface area contributed by atoms with Gasteiger partial charge in [-0.15, -0.1) is 0 Å². The fourth-order valence-electron chi connectivity index (χ4n) is 3.20. The normalized spacial score (nSPS) is 11.4. The van der Waals surface area contributed by atoms with Crippen molar-refractivity contribution >= 4 is 51.4 Å². The topological polar surface area (TPSA) is 123 Å². The van der Waals surface area contributed by atoms with Crippen LogP contribution in [0.15, 0.2) is 64.9 Å². The molecule has 0 aliphatic carbocycles. The molecule has 0 fully saturated rings. The number of nitro benzene ring substituents is 1. The number of hydrazone groups is 1. The Morgan fingerprint density at radius 1 is 1.26 bits per heavy atom. The number of rotatable bonds is 6. The van der Waals surface area contributed by atoms with E-state index >= 15 is 0 Å². The number of aryl methyl sites for hydroxylation is 1. The summed E-state index contributed by atoms with van der Waals surface area (Å²) in [7, 11) is 1.88. The van der Waals surface area contributed by atoms with E-state index in [-0.39, 0.29) is 28.7 Å². The fourth-order valence-corrected chi connectivity index (χ4v) is 3.98. The molecule has 4 rings (SSSR count). The van der Waals surface area contributed by atoms with Crippen molar-refractivity contribution in [3.8, 4) is 5.75 Å². The minimum Gasteiger partial charge on any atom is -0.507 e. The summed E-state index contributed by atoms with van der Waals surface area (Å²) in [6.45, 7) is 0. The summed E-state index contributed by atoms with van der Waals surface area (Å²) in [4.78, 5) is 27.5. The van der Waals surface area contributed by atoms with Gasteiger partial charge in [0.2, 0.25) is 0 Å². The average Bonchev–Trinajstić information content (AvgIpc) is 3.09. The maximum absolute atomic E-state index is 12.2. The van der Waals surface area contributed by atoms with Crippen LogP contribution in [0.2, 0.25) is 0 Å². The molecule has 0 atom stereocenters. The second-order valence-electron chi connectivity index (χ2n) is 6.66. The first kappa shape index (κ1) is 20.4. The SMILES string of the molecule is Cn1c(SCC(=O)NN=Cc2cc([N+](=O)[O-])c3ccccc3c2O)nc2ccccc21. The van der Waals surface area contributed by atoms with Crippen LogP contribution >= 0.6 is 11.8 Å². The molecule has 0 aliphatic heterocycles. The number of aromatic hydroxyl groups is 1. The molecule has 2 N–H and O–H groups in total. The summed E-state index contributed by atoms with van der Waals surface area (Å²) in [5, 5.41) is 27.0. The first-order valence-electron chi connectivity index (χ1n) is 9.21. The molecule has 10 heteroatoms. The lowest BCUT2D eigenvalue weighted by atomic mass is 10.0. The molecule has 0 unspecified atom stereocenters. The first-order chi connectivity index (χ1) is 15.0. The molecule has 4 aromatic rings. The molecule has 1 aromatic heterocycles. The quantitative estimate of drug-likeness (QED) is 0.207. The van der Waals surface area contributed by atoms with Gasteiger partial charge in [-0.05, 0) is 18.2 Å². The monoisotopic (exact) mass is 435 g/mol. The maximum Gasteiger partial charge on any atom is 0.278 e. The second kappa shape index (κ2) is 8.44. The molecular weight excluding hydrogens is 418 g/mol. The summed E-state index contributed by atoms with van der Waals surface area (Å²) in [6.07, 6.45) is 1.19. The van der Waals surface area contributed by atoms with Gasteiger partial charge in [-0.1, -0.05) is 42.1 Å². The van der Waals surface area contributed by atoms with Crippen LogP contribution in [0, 0.1) is 10.1 Å². The van der Waals surface area contributed by atoms with Crippen molar-refractivity contribution in [2.45, 2.75) is 5.16 Å². The number of carbonyl (C=O) groups is 1. The zero-order valence-corrected chi connectivity index (χ0v) is 17.2. The number of thioether (sulfide) groups is 1. The molecule has 0 aliphatic rings. The van der Waals surface area contributed by atoms with Gasteiger partial charge in [0.25, 0.3) is 11.6 Å². The van der Waals surface area contributed by atoms with E-state index in [1.807, 2.05) is 35.9 Å². The van der Waals surface area contributed by atoms with Gasteiger partial charge < -0.3 is 9.67 Å². The summed E-state index contributed by atoms with van der Waals surface area (Å²) in [5.41, 5.74) is 4.17. The number of amides is 1. The number of hydrogen-bond donors (Lipinski definition) is 2. The molecule has 1 amide bonds. The number of benzene rings is 3. The van der Waals surface area contributed by atoms with Crippen molar-refractivity contribution < 1.29 is 14.8 Å². The van der Waals surface area contributed by atoms with E-state index < -0.39 is 4.92 Å². The number of hydrogen-bond acceptors (Lipinski definition) is 7. The number of aromatic nitrogens is 2.